The third-order valence-electron chi connectivity index (χ3n) is 3.20. The van der Waals surface area contributed by atoms with Gasteiger partial charge in [0.15, 0.2) is 0 Å². The number of nitrogens with zero attached hydrogens (tertiary/aromatic N) is 2. The normalized spacial score (nSPS) is 20.7. The van der Waals surface area contributed by atoms with E-state index in [0.29, 0.717) is 5.92 Å². The first-order chi connectivity index (χ1) is 7.83. The zero-order chi connectivity index (χ0) is 11.0. The lowest BCUT2D eigenvalue weighted by Crippen LogP contribution is -2.15. The van der Waals surface area contributed by atoms with Crippen LogP contribution in [0.15, 0.2) is 24.4 Å². The summed E-state index contributed by atoms with van der Waals surface area (Å²) in [5, 5.41) is 8.66. The summed E-state index contributed by atoms with van der Waals surface area (Å²) in [4.78, 5) is 0. The third-order valence-corrected chi connectivity index (χ3v) is 3.20. The van der Waals surface area contributed by atoms with E-state index in [-0.39, 0.29) is 5.82 Å². The molecule has 4 heteroatoms. The van der Waals surface area contributed by atoms with Gasteiger partial charge in [0.1, 0.15) is 5.82 Å². The number of rotatable bonds is 2. The molecular formula is C12H14FN3. The molecule has 1 saturated heterocycles. The van der Waals surface area contributed by atoms with Crippen molar-refractivity contribution in [1.82, 2.24) is 15.1 Å². The smallest absolute Gasteiger partial charge is 0.125 e. The van der Waals surface area contributed by atoms with Crippen molar-refractivity contribution in [2.24, 2.45) is 5.92 Å². The molecule has 0 radical (unpaired) electrons. The van der Waals surface area contributed by atoms with Crippen LogP contribution >= 0.6 is 0 Å². The van der Waals surface area contributed by atoms with Crippen molar-refractivity contribution in [1.29, 1.82) is 0 Å². The van der Waals surface area contributed by atoms with Crippen LogP contribution in [0.3, 0.4) is 0 Å². The Balaban J connectivity index is 1.93. The fourth-order valence-corrected chi connectivity index (χ4v) is 2.30. The molecule has 84 valence electrons. The Kier molecular flexibility index (Phi) is 2.36. The van der Waals surface area contributed by atoms with E-state index in [9.17, 15) is 4.39 Å². The molecule has 16 heavy (non-hydrogen) atoms. The molecule has 0 bridgehead atoms. The Morgan fingerprint density at radius 1 is 1.50 bits per heavy atom. The van der Waals surface area contributed by atoms with Crippen LogP contribution in [0.2, 0.25) is 0 Å². The summed E-state index contributed by atoms with van der Waals surface area (Å²) in [6.07, 6.45) is 2.98. The van der Waals surface area contributed by atoms with Gasteiger partial charge in [-0.2, -0.15) is 5.10 Å². The average Bonchev–Trinajstić information content (AvgIpc) is 2.90. The van der Waals surface area contributed by atoms with Crippen molar-refractivity contribution in [3.05, 3.63) is 30.2 Å². The maximum atomic E-state index is 13.2. The number of halogens is 1. The minimum atomic E-state index is -0.196. The van der Waals surface area contributed by atoms with Crippen molar-refractivity contribution >= 4 is 10.9 Å². The average molecular weight is 219 g/mol. The van der Waals surface area contributed by atoms with Crippen LogP contribution in [0, 0.1) is 11.7 Å². The second kappa shape index (κ2) is 3.87. The van der Waals surface area contributed by atoms with E-state index < -0.39 is 0 Å². The van der Waals surface area contributed by atoms with Gasteiger partial charge in [0.25, 0.3) is 0 Å². The zero-order valence-electron chi connectivity index (χ0n) is 8.99. The largest absolute Gasteiger partial charge is 0.316 e. The number of benzene rings is 1. The summed E-state index contributed by atoms with van der Waals surface area (Å²) in [6, 6.07) is 4.82. The molecular weight excluding hydrogens is 205 g/mol. The molecule has 0 spiro atoms. The highest BCUT2D eigenvalue weighted by molar-refractivity contribution is 5.78. The number of hydrogen-bond acceptors (Lipinski definition) is 2. The summed E-state index contributed by atoms with van der Waals surface area (Å²) in [5.41, 5.74) is 0.895. The van der Waals surface area contributed by atoms with Crippen LogP contribution in [-0.4, -0.2) is 22.9 Å². The molecule has 2 heterocycles. The van der Waals surface area contributed by atoms with Crippen molar-refractivity contribution in [3.63, 3.8) is 0 Å². The second-order valence-corrected chi connectivity index (χ2v) is 4.39. The standard InChI is InChI=1S/C12H14FN3/c13-11-2-1-10-7-15-16(12(10)5-11)8-9-3-4-14-6-9/h1-2,5,7,9,14H,3-4,6,8H2. The minimum absolute atomic E-state index is 0.196. The van der Waals surface area contributed by atoms with E-state index >= 15 is 0 Å². The van der Waals surface area contributed by atoms with Crippen molar-refractivity contribution < 1.29 is 4.39 Å². The quantitative estimate of drug-likeness (QED) is 0.834. The van der Waals surface area contributed by atoms with Gasteiger partial charge in [-0.05, 0) is 43.6 Å². The summed E-state index contributed by atoms with van der Waals surface area (Å²) in [5.74, 6) is 0.421. The van der Waals surface area contributed by atoms with Gasteiger partial charge in [-0.25, -0.2) is 4.39 Å². The van der Waals surface area contributed by atoms with E-state index in [1.165, 1.54) is 12.5 Å². The Labute approximate surface area is 93.3 Å². The topological polar surface area (TPSA) is 29.9 Å². The van der Waals surface area contributed by atoms with E-state index in [1.54, 1.807) is 18.3 Å². The van der Waals surface area contributed by atoms with E-state index in [2.05, 4.69) is 10.4 Å². The molecule has 3 nitrogen and oxygen atoms in total. The lowest BCUT2D eigenvalue weighted by molar-refractivity contribution is 0.459. The van der Waals surface area contributed by atoms with Gasteiger partial charge >= 0.3 is 0 Å². The molecule has 3 rings (SSSR count). The zero-order valence-corrected chi connectivity index (χ0v) is 8.99. The monoisotopic (exact) mass is 219 g/mol. The highest BCUT2D eigenvalue weighted by Crippen LogP contribution is 2.18. The maximum Gasteiger partial charge on any atom is 0.125 e. The number of hydrogen-bond donors (Lipinski definition) is 1. The van der Waals surface area contributed by atoms with Crippen LogP contribution in [0.4, 0.5) is 4.39 Å². The summed E-state index contributed by atoms with van der Waals surface area (Å²) < 4.78 is 15.1. The number of fused-ring (bicyclic) bond motifs is 1. The van der Waals surface area contributed by atoms with Gasteiger partial charge in [0.2, 0.25) is 0 Å². The molecule has 1 atom stereocenters. The fourth-order valence-electron chi connectivity index (χ4n) is 2.30. The van der Waals surface area contributed by atoms with Crippen LogP contribution < -0.4 is 5.32 Å². The van der Waals surface area contributed by atoms with Crippen LogP contribution in [0.1, 0.15) is 6.42 Å². The van der Waals surface area contributed by atoms with E-state index in [0.717, 1.165) is 30.5 Å². The van der Waals surface area contributed by atoms with Gasteiger partial charge in [-0.1, -0.05) is 0 Å². The van der Waals surface area contributed by atoms with Gasteiger partial charge < -0.3 is 5.32 Å². The van der Waals surface area contributed by atoms with Crippen molar-refractivity contribution in [2.45, 2.75) is 13.0 Å². The second-order valence-electron chi connectivity index (χ2n) is 4.39. The first-order valence-electron chi connectivity index (χ1n) is 5.65. The Hall–Kier alpha value is -1.42. The Bertz CT molecular complexity index is 500. The molecule has 1 aliphatic rings. The number of nitrogens with one attached hydrogen (secondary N) is 1. The predicted octanol–water partition coefficient (Wildman–Crippen LogP) is 1.78. The van der Waals surface area contributed by atoms with Gasteiger partial charge in [0, 0.05) is 11.9 Å². The first-order valence-corrected chi connectivity index (χ1v) is 5.65. The molecule has 1 N–H and O–H groups in total. The SMILES string of the molecule is Fc1ccc2cnn(CC3CCNC3)c2c1. The molecule has 0 amide bonds. The van der Waals surface area contributed by atoms with Crippen molar-refractivity contribution in [3.8, 4) is 0 Å². The van der Waals surface area contributed by atoms with Crippen LogP contribution in [0.5, 0.6) is 0 Å². The Morgan fingerprint density at radius 3 is 3.25 bits per heavy atom. The third kappa shape index (κ3) is 1.69. The first kappa shape index (κ1) is 9.78. The lowest BCUT2D eigenvalue weighted by atomic mass is 10.1. The molecule has 1 fully saturated rings. The molecule has 2 aromatic rings. The predicted molar refractivity (Wildman–Crippen MR) is 60.7 cm³/mol. The molecule has 1 aromatic heterocycles. The molecule has 0 aliphatic carbocycles. The summed E-state index contributed by atoms with van der Waals surface area (Å²) in [6.45, 7) is 2.99. The van der Waals surface area contributed by atoms with E-state index in [1.807, 2.05) is 4.68 Å². The minimum Gasteiger partial charge on any atom is -0.316 e. The summed E-state index contributed by atoms with van der Waals surface area (Å²) >= 11 is 0. The lowest BCUT2D eigenvalue weighted by Gasteiger charge is -2.09. The maximum absolute atomic E-state index is 13.2. The molecule has 0 saturated carbocycles. The summed E-state index contributed by atoms with van der Waals surface area (Å²) in [7, 11) is 0. The highest BCUT2D eigenvalue weighted by atomic mass is 19.1. The molecule has 1 unspecified atom stereocenters. The van der Waals surface area contributed by atoms with E-state index in [4.69, 9.17) is 0 Å². The van der Waals surface area contributed by atoms with Crippen LogP contribution in [0.25, 0.3) is 10.9 Å². The Morgan fingerprint density at radius 2 is 2.44 bits per heavy atom. The number of aromatic nitrogens is 2. The molecule has 1 aliphatic heterocycles. The van der Waals surface area contributed by atoms with Crippen molar-refractivity contribution in [2.75, 3.05) is 13.1 Å². The highest BCUT2D eigenvalue weighted by Gasteiger charge is 2.16. The van der Waals surface area contributed by atoms with Gasteiger partial charge in [-0.15, -0.1) is 0 Å². The molecule has 1 aromatic carbocycles. The van der Waals surface area contributed by atoms with Gasteiger partial charge in [-0.3, -0.25) is 4.68 Å². The fraction of sp³-hybridized carbons (Fsp3) is 0.417. The van der Waals surface area contributed by atoms with Crippen LogP contribution in [-0.2, 0) is 6.54 Å². The van der Waals surface area contributed by atoms with Gasteiger partial charge in [0.05, 0.1) is 11.7 Å².